The Kier molecular flexibility index (Phi) is 3.11. The van der Waals surface area contributed by atoms with Crippen LogP contribution < -0.4 is 0 Å². The van der Waals surface area contributed by atoms with Crippen LogP contribution in [0.25, 0.3) is 26.8 Å². The first-order valence-electron chi connectivity index (χ1n) is 6.21. The molecule has 1 amide bonds. The topological polar surface area (TPSA) is 75.1 Å². The molecule has 0 bridgehead atoms. The number of benzene rings is 2. The summed E-state index contributed by atoms with van der Waals surface area (Å²) in [6.07, 6.45) is 1.96. The van der Waals surface area contributed by atoms with Gasteiger partial charge in [0.2, 0.25) is 0 Å². The summed E-state index contributed by atoms with van der Waals surface area (Å²) >= 11 is 0. The second kappa shape index (κ2) is 5.07. The van der Waals surface area contributed by atoms with Crippen LogP contribution >= 0.6 is 0 Å². The zero-order chi connectivity index (χ0) is 13.9. The Balaban J connectivity index is 1.87. The normalized spacial score (nSPS) is 12.5. The van der Waals surface area contributed by atoms with Gasteiger partial charge in [0, 0.05) is 10.0 Å². The van der Waals surface area contributed by atoms with Crippen molar-refractivity contribution >= 4 is 22.4 Å². The first-order valence-corrected chi connectivity index (χ1v) is 6.21. The summed E-state index contributed by atoms with van der Waals surface area (Å²) in [7, 11) is 0. The predicted octanol–water partition coefficient (Wildman–Crippen LogP) is 4.23. The second-order valence-corrected chi connectivity index (χ2v) is 4.53. The zero-order valence-corrected chi connectivity index (χ0v) is 10.6. The molecule has 0 saturated heterocycles. The molecule has 0 aromatic heterocycles. The van der Waals surface area contributed by atoms with E-state index in [-0.39, 0.29) is 6.61 Å². The van der Waals surface area contributed by atoms with Gasteiger partial charge in [0.25, 0.3) is 0 Å². The third-order valence-electron chi connectivity index (χ3n) is 3.36. The first-order chi connectivity index (χ1) is 9.78. The van der Waals surface area contributed by atoms with Gasteiger partial charge in [0.1, 0.15) is 6.61 Å². The highest BCUT2D eigenvalue weighted by molar-refractivity contribution is 5.89. The molecule has 5 nitrogen and oxygen atoms in total. The van der Waals surface area contributed by atoms with Gasteiger partial charge >= 0.3 is 6.09 Å². The van der Waals surface area contributed by atoms with Gasteiger partial charge in [-0.05, 0) is 45.5 Å². The number of hydrogen-bond donors (Lipinski definition) is 0. The molecule has 0 N–H and O–H groups in total. The standard InChI is InChI=1S/C15H11N3O2/c16-18-17-15(19)20-9-13-6-5-12-7-10-3-1-2-4-11(10)8-14(12)13/h1-4,6-8H,5,9H2. The molecule has 0 saturated carbocycles. The fourth-order valence-corrected chi connectivity index (χ4v) is 2.44. The summed E-state index contributed by atoms with van der Waals surface area (Å²) in [5, 5.41) is 5.24. The average Bonchev–Trinajstić information content (AvgIpc) is 2.85. The maximum Gasteiger partial charge on any atom is 0.397 e. The summed E-state index contributed by atoms with van der Waals surface area (Å²) in [5.74, 6) is 0. The number of hydrogen-bond acceptors (Lipinski definition) is 2. The lowest BCUT2D eigenvalue weighted by atomic mass is 10.00. The first kappa shape index (κ1) is 12.3. The summed E-state index contributed by atoms with van der Waals surface area (Å²) in [5.41, 5.74) is 11.4. The molecule has 0 heterocycles. The molecule has 5 heteroatoms. The fourth-order valence-electron chi connectivity index (χ4n) is 2.44. The maximum absolute atomic E-state index is 11.1. The number of ether oxygens (including phenoxy) is 1. The molecule has 1 aliphatic rings. The smallest absolute Gasteiger partial charge is 0.397 e. The molecule has 1 aliphatic carbocycles. The van der Waals surface area contributed by atoms with Gasteiger partial charge < -0.3 is 4.74 Å². The number of amides is 1. The fraction of sp³-hybridized carbons (Fsp3) is 0.133. The maximum atomic E-state index is 11.1. The van der Waals surface area contributed by atoms with E-state index in [9.17, 15) is 4.79 Å². The van der Waals surface area contributed by atoms with Crippen molar-refractivity contribution in [1.82, 2.24) is 0 Å². The molecule has 0 unspecified atom stereocenters. The third-order valence-corrected chi connectivity index (χ3v) is 3.36. The van der Waals surface area contributed by atoms with E-state index in [1.165, 1.54) is 10.9 Å². The Bertz CT molecular complexity index is 774. The number of nitrogens with zero attached hydrogens (tertiary/aromatic N) is 3. The zero-order valence-electron chi connectivity index (χ0n) is 10.6. The quantitative estimate of drug-likeness (QED) is 0.463. The highest BCUT2D eigenvalue weighted by Gasteiger charge is 2.16. The molecule has 98 valence electrons. The van der Waals surface area contributed by atoms with Gasteiger partial charge in [-0.15, -0.1) is 0 Å². The van der Waals surface area contributed by atoms with Crippen molar-refractivity contribution in [2.24, 2.45) is 5.11 Å². The number of carbonyl (C=O) groups excluding carboxylic acids is 1. The lowest BCUT2D eigenvalue weighted by Crippen LogP contribution is -2.01. The lowest BCUT2D eigenvalue weighted by Gasteiger charge is -2.08. The Morgan fingerprint density at radius 2 is 2.05 bits per heavy atom. The lowest BCUT2D eigenvalue weighted by molar-refractivity contribution is 0.171. The van der Waals surface area contributed by atoms with E-state index in [1.54, 1.807) is 0 Å². The SMILES string of the molecule is [N-]=[N+]=NC(=O)OCC1=CCc2cc3ccccc3cc21. The molecule has 0 atom stereocenters. The minimum absolute atomic E-state index is 0.128. The van der Waals surface area contributed by atoms with E-state index in [4.69, 9.17) is 10.3 Å². The van der Waals surface area contributed by atoms with Crippen LogP contribution in [0.2, 0.25) is 0 Å². The third kappa shape index (κ3) is 2.22. The minimum atomic E-state index is -0.900. The van der Waals surface area contributed by atoms with Crippen LogP contribution in [0.1, 0.15) is 11.1 Å². The van der Waals surface area contributed by atoms with Crippen LogP contribution in [0.5, 0.6) is 0 Å². The van der Waals surface area contributed by atoms with E-state index in [0.29, 0.717) is 0 Å². The summed E-state index contributed by atoms with van der Waals surface area (Å²) in [4.78, 5) is 13.5. The largest absolute Gasteiger partial charge is 0.456 e. The number of fused-ring (bicyclic) bond motifs is 2. The Morgan fingerprint density at radius 1 is 1.30 bits per heavy atom. The molecule has 0 fully saturated rings. The molecule has 2 aromatic carbocycles. The molecule has 20 heavy (non-hydrogen) atoms. The van der Waals surface area contributed by atoms with Gasteiger partial charge in [-0.25, -0.2) is 4.79 Å². The summed E-state index contributed by atoms with van der Waals surface area (Å²) < 4.78 is 4.91. The van der Waals surface area contributed by atoms with Crippen molar-refractivity contribution in [2.45, 2.75) is 6.42 Å². The van der Waals surface area contributed by atoms with Gasteiger partial charge in [-0.3, -0.25) is 0 Å². The molecule has 0 spiro atoms. The van der Waals surface area contributed by atoms with E-state index in [2.05, 4.69) is 34.3 Å². The number of carbonyl (C=O) groups is 1. The highest BCUT2D eigenvalue weighted by atomic mass is 16.5. The van der Waals surface area contributed by atoms with Gasteiger partial charge in [-0.2, -0.15) is 0 Å². The van der Waals surface area contributed by atoms with Crippen molar-refractivity contribution in [1.29, 1.82) is 0 Å². The summed E-state index contributed by atoms with van der Waals surface area (Å²) in [6.45, 7) is 0.128. The van der Waals surface area contributed by atoms with Crippen LogP contribution in [0.15, 0.2) is 47.6 Å². The van der Waals surface area contributed by atoms with Crippen LogP contribution in [-0.4, -0.2) is 12.7 Å². The van der Waals surface area contributed by atoms with Crippen molar-refractivity contribution in [3.05, 3.63) is 64.0 Å². The van der Waals surface area contributed by atoms with Gasteiger partial charge in [0.05, 0.1) is 0 Å². The number of allylic oxidation sites excluding steroid dienone is 1. The molecular weight excluding hydrogens is 254 g/mol. The molecule has 0 aliphatic heterocycles. The van der Waals surface area contributed by atoms with Crippen LogP contribution in [0.3, 0.4) is 0 Å². The second-order valence-electron chi connectivity index (χ2n) is 4.53. The van der Waals surface area contributed by atoms with Crippen molar-refractivity contribution in [3.8, 4) is 0 Å². The van der Waals surface area contributed by atoms with E-state index in [0.717, 1.165) is 22.9 Å². The van der Waals surface area contributed by atoms with Crippen molar-refractivity contribution in [3.63, 3.8) is 0 Å². The van der Waals surface area contributed by atoms with Crippen molar-refractivity contribution in [2.75, 3.05) is 6.61 Å². The highest BCUT2D eigenvalue weighted by Crippen LogP contribution is 2.31. The van der Waals surface area contributed by atoms with E-state index in [1.807, 2.05) is 18.2 Å². The van der Waals surface area contributed by atoms with Crippen molar-refractivity contribution < 1.29 is 9.53 Å². The molecular formula is C15H11N3O2. The Labute approximate surface area is 115 Å². The van der Waals surface area contributed by atoms with E-state index < -0.39 is 6.09 Å². The van der Waals surface area contributed by atoms with Gasteiger partial charge in [0.15, 0.2) is 0 Å². The average molecular weight is 265 g/mol. The monoisotopic (exact) mass is 265 g/mol. The Hall–Kier alpha value is -2.78. The number of rotatable bonds is 2. The number of azide groups is 1. The van der Waals surface area contributed by atoms with Crippen LogP contribution in [0, 0.1) is 0 Å². The molecule has 2 aromatic rings. The molecule has 3 rings (SSSR count). The minimum Gasteiger partial charge on any atom is -0.456 e. The predicted molar refractivity (Wildman–Crippen MR) is 76.1 cm³/mol. The van der Waals surface area contributed by atoms with Gasteiger partial charge in [-0.1, -0.05) is 36.4 Å². The summed E-state index contributed by atoms with van der Waals surface area (Å²) in [6, 6.07) is 12.4. The molecule has 0 radical (unpaired) electrons. The van der Waals surface area contributed by atoms with E-state index >= 15 is 0 Å². The van der Waals surface area contributed by atoms with Crippen LogP contribution in [0.4, 0.5) is 4.79 Å². The Morgan fingerprint density at radius 3 is 2.80 bits per heavy atom. The van der Waals surface area contributed by atoms with Crippen LogP contribution in [-0.2, 0) is 11.2 Å².